The molecular weight excluding hydrogens is 334 g/mol. The Balaban J connectivity index is 2.13. The molecule has 0 aliphatic rings. The Morgan fingerprint density at radius 1 is 0.960 bits per heavy atom. The summed E-state index contributed by atoms with van der Waals surface area (Å²) in [7, 11) is 0. The maximum atomic E-state index is 14.1. The van der Waals surface area contributed by atoms with Gasteiger partial charge in [-0.1, -0.05) is 6.08 Å². The van der Waals surface area contributed by atoms with E-state index < -0.39 is 28.8 Å². The normalized spacial score (nSPS) is 10.4. The largest absolute Gasteiger partial charge is 0.493 e. The quantitative estimate of drug-likeness (QED) is 0.406. The topological polar surface area (TPSA) is 33.0 Å². The molecule has 130 valence electrons. The zero-order chi connectivity index (χ0) is 18.4. The Kier molecular flexibility index (Phi) is 6.18. The van der Waals surface area contributed by atoms with Crippen LogP contribution in [0.3, 0.4) is 0 Å². The first-order chi connectivity index (χ1) is 12.0. The van der Waals surface area contributed by atoms with Gasteiger partial charge in [-0.15, -0.1) is 6.58 Å². The van der Waals surface area contributed by atoms with E-state index in [-0.39, 0.29) is 36.3 Å². The number of hydrogen-bond donors (Lipinski definition) is 0. The molecule has 0 spiro atoms. The standard InChI is InChI=1S/C19H15F4NO/c1-2-3-6-25-13-9-18(22)14(19(23)10-13)5-4-12-7-16(20)15(11-24)17(21)8-12/h2,7-10H,1,3-6H2. The average Bonchev–Trinajstić information content (AvgIpc) is 2.54. The fourth-order valence-corrected chi connectivity index (χ4v) is 2.31. The number of halogens is 4. The zero-order valence-electron chi connectivity index (χ0n) is 13.3. The molecule has 25 heavy (non-hydrogen) atoms. The summed E-state index contributed by atoms with van der Waals surface area (Å²) in [6.45, 7) is 3.77. The molecule has 2 aromatic carbocycles. The van der Waals surface area contributed by atoms with Gasteiger partial charge in [-0.3, -0.25) is 0 Å². The van der Waals surface area contributed by atoms with E-state index in [1.807, 2.05) is 0 Å². The van der Waals surface area contributed by atoms with Gasteiger partial charge in [0, 0.05) is 17.7 Å². The molecule has 6 heteroatoms. The minimum Gasteiger partial charge on any atom is -0.493 e. The molecule has 2 aromatic rings. The third-order valence-corrected chi connectivity index (χ3v) is 3.58. The summed E-state index contributed by atoms with van der Waals surface area (Å²) in [6.07, 6.45) is 2.09. The Hall–Kier alpha value is -2.81. The van der Waals surface area contributed by atoms with Crippen molar-refractivity contribution >= 4 is 0 Å². The molecule has 0 aromatic heterocycles. The number of aryl methyl sites for hydroxylation is 1. The molecule has 0 atom stereocenters. The Labute approximate surface area is 143 Å². The highest BCUT2D eigenvalue weighted by Crippen LogP contribution is 2.23. The first-order valence-electron chi connectivity index (χ1n) is 7.56. The number of benzene rings is 2. The van der Waals surface area contributed by atoms with Crippen molar-refractivity contribution in [2.45, 2.75) is 19.3 Å². The van der Waals surface area contributed by atoms with Crippen LogP contribution in [0.1, 0.15) is 23.1 Å². The van der Waals surface area contributed by atoms with Crippen LogP contribution in [0.5, 0.6) is 5.75 Å². The monoisotopic (exact) mass is 349 g/mol. The highest BCUT2D eigenvalue weighted by molar-refractivity contribution is 5.36. The fraction of sp³-hybridized carbons (Fsp3) is 0.211. The van der Waals surface area contributed by atoms with Crippen LogP contribution in [0.15, 0.2) is 36.9 Å². The molecule has 0 aliphatic carbocycles. The van der Waals surface area contributed by atoms with Crippen LogP contribution in [0.25, 0.3) is 0 Å². The maximum Gasteiger partial charge on any atom is 0.144 e. The smallest absolute Gasteiger partial charge is 0.144 e. The average molecular weight is 349 g/mol. The van der Waals surface area contributed by atoms with Gasteiger partial charge in [0.05, 0.1) is 6.61 Å². The van der Waals surface area contributed by atoms with E-state index >= 15 is 0 Å². The lowest BCUT2D eigenvalue weighted by Crippen LogP contribution is -2.03. The van der Waals surface area contributed by atoms with Gasteiger partial charge in [0.15, 0.2) is 0 Å². The van der Waals surface area contributed by atoms with Crippen molar-refractivity contribution in [2.75, 3.05) is 6.61 Å². The van der Waals surface area contributed by atoms with Crippen molar-refractivity contribution in [3.8, 4) is 11.8 Å². The number of nitrogens with zero attached hydrogens (tertiary/aromatic N) is 1. The lowest BCUT2D eigenvalue weighted by atomic mass is 10.0. The molecule has 0 saturated carbocycles. The van der Waals surface area contributed by atoms with Gasteiger partial charge >= 0.3 is 0 Å². The number of ether oxygens (including phenoxy) is 1. The second kappa shape index (κ2) is 8.34. The Bertz CT molecular complexity index is 781. The van der Waals surface area contributed by atoms with E-state index in [2.05, 4.69) is 6.58 Å². The molecule has 0 N–H and O–H groups in total. The molecule has 2 rings (SSSR count). The van der Waals surface area contributed by atoms with Crippen LogP contribution < -0.4 is 4.74 Å². The van der Waals surface area contributed by atoms with Crippen molar-refractivity contribution in [3.63, 3.8) is 0 Å². The minimum atomic E-state index is -0.996. The second-order valence-electron chi connectivity index (χ2n) is 5.34. The lowest BCUT2D eigenvalue weighted by molar-refractivity contribution is 0.320. The summed E-state index contributed by atoms with van der Waals surface area (Å²) in [5, 5.41) is 8.63. The van der Waals surface area contributed by atoms with E-state index in [1.54, 1.807) is 6.08 Å². The first kappa shape index (κ1) is 18.5. The SMILES string of the molecule is C=CCCOc1cc(F)c(CCc2cc(F)c(C#N)c(F)c2)c(F)c1. The summed E-state index contributed by atoms with van der Waals surface area (Å²) >= 11 is 0. The fourth-order valence-electron chi connectivity index (χ4n) is 2.31. The summed E-state index contributed by atoms with van der Waals surface area (Å²) in [6, 6.07) is 5.54. The van der Waals surface area contributed by atoms with E-state index in [0.717, 1.165) is 24.3 Å². The van der Waals surface area contributed by atoms with E-state index in [0.29, 0.717) is 6.42 Å². The van der Waals surface area contributed by atoms with E-state index in [4.69, 9.17) is 10.00 Å². The molecule has 0 radical (unpaired) electrons. The van der Waals surface area contributed by atoms with Crippen LogP contribution in [-0.4, -0.2) is 6.61 Å². The minimum absolute atomic E-state index is 0.0179. The van der Waals surface area contributed by atoms with Crippen LogP contribution in [-0.2, 0) is 12.8 Å². The number of hydrogen-bond acceptors (Lipinski definition) is 2. The van der Waals surface area contributed by atoms with Gasteiger partial charge in [-0.2, -0.15) is 5.26 Å². The summed E-state index contributed by atoms with van der Waals surface area (Å²) < 4.78 is 60.5. The van der Waals surface area contributed by atoms with E-state index in [9.17, 15) is 17.6 Å². The molecule has 0 aliphatic heterocycles. The lowest BCUT2D eigenvalue weighted by Gasteiger charge is -2.10. The predicted octanol–water partition coefficient (Wildman–Crippen LogP) is 4.85. The number of rotatable bonds is 7. The molecule has 0 heterocycles. The van der Waals surface area contributed by atoms with Gasteiger partial charge < -0.3 is 4.74 Å². The first-order valence-corrected chi connectivity index (χ1v) is 7.56. The summed E-state index contributed by atoms with van der Waals surface area (Å²) in [5.41, 5.74) is -0.664. The third-order valence-electron chi connectivity index (χ3n) is 3.58. The third kappa shape index (κ3) is 4.60. The summed E-state index contributed by atoms with van der Waals surface area (Å²) in [5.74, 6) is -3.50. The molecular formula is C19H15F4NO. The number of nitriles is 1. The van der Waals surface area contributed by atoms with Crippen LogP contribution in [0.2, 0.25) is 0 Å². The molecule has 0 saturated heterocycles. The molecule has 0 fully saturated rings. The van der Waals surface area contributed by atoms with Crippen LogP contribution in [0.4, 0.5) is 17.6 Å². The van der Waals surface area contributed by atoms with Gasteiger partial charge in [0.25, 0.3) is 0 Å². The van der Waals surface area contributed by atoms with Crippen molar-refractivity contribution in [2.24, 2.45) is 0 Å². The van der Waals surface area contributed by atoms with E-state index in [1.165, 1.54) is 6.07 Å². The van der Waals surface area contributed by atoms with Gasteiger partial charge in [-0.05, 0) is 37.0 Å². The Morgan fingerprint density at radius 3 is 2.08 bits per heavy atom. The second-order valence-corrected chi connectivity index (χ2v) is 5.34. The van der Waals surface area contributed by atoms with Gasteiger partial charge in [0.1, 0.15) is 40.7 Å². The van der Waals surface area contributed by atoms with Crippen molar-refractivity contribution in [1.29, 1.82) is 5.26 Å². The van der Waals surface area contributed by atoms with Crippen molar-refractivity contribution in [1.82, 2.24) is 0 Å². The van der Waals surface area contributed by atoms with Crippen LogP contribution >= 0.6 is 0 Å². The molecule has 0 unspecified atom stereocenters. The molecule has 0 amide bonds. The van der Waals surface area contributed by atoms with Crippen molar-refractivity contribution in [3.05, 3.63) is 76.9 Å². The highest BCUT2D eigenvalue weighted by Gasteiger charge is 2.14. The van der Waals surface area contributed by atoms with Crippen LogP contribution in [0, 0.1) is 34.6 Å². The van der Waals surface area contributed by atoms with Crippen molar-refractivity contribution < 1.29 is 22.3 Å². The predicted molar refractivity (Wildman–Crippen MR) is 85.1 cm³/mol. The Morgan fingerprint density at radius 2 is 1.56 bits per heavy atom. The maximum absolute atomic E-state index is 14.1. The summed E-state index contributed by atoms with van der Waals surface area (Å²) in [4.78, 5) is 0. The molecule has 0 bridgehead atoms. The van der Waals surface area contributed by atoms with Gasteiger partial charge in [0.2, 0.25) is 0 Å². The zero-order valence-corrected chi connectivity index (χ0v) is 13.3. The highest BCUT2D eigenvalue weighted by atomic mass is 19.1. The molecule has 2 nitrogen and oxygen atoms in total. The van der Waals surface area contributed by atoms with Gasteiger partial charge in [-0.25, -0.2) is 17.6 Å².